The molecule has 90 valence electrons. The first-order chi connectivity index (χ1) is 7.54. The summed E-state index contributed by atoms with van der Waals surface area (Å²) in [5.74, 6) is -2.29. The highest BCUT2D eigenvalue weighted by Crippen LogP contribution is 2.30. The fourth-order valence-electron chi connectivity index (χ4n) is 2.32. The highest BCUT2D eigenvalue weighted by molar-refractivity contribution is 5.98. The van der Waals surface area contributed by atoms with Gasteiger partial charge in [0.25, 0.3) is 0 Å². The topological polar surface area (TPSA) is 74.6 Å². The van der Waals surface area contributed by atoms with Crippen LogP contribution in [0.1, 0.15) is 45.4 Å². The summed E-state index contributed by atoms with van der Waals surface area (Å²) >= 11 is 0. The smallest absolute Gasteiger partial charge is 0.332 e. The van der Waals surface area contributed by atoms with Crippen molar-refractivity contribution in [1.29, 1.82) is 0 Å². The largest absolute Gasteiger partial charge is 0.478 e. The summed E-state index contributed by atoms with van der Waals surface area (Å²) in [5.41, 5.74) is 0.0915. The molecule has 0 aromatic heterocycles. The molecule has 0 spiro atoms. The van der Waals surface area contributed by atoms with Crippen LogP contribution in [0.3, 0.4) is 0 Å². The zero-order valence-corrected chi connectivity index (χ0v) is 9.53. The molecule has 0 atom stereocenters. The van der Waals surface area contributed by atoms with Crippen LogP contribution in [0.5, 0.6) is 0 Å². The zero-order valence-electron chi connectivity index (χ0n) is 9.53. The van der Waals surface area contributed by atoms with Gasteiger partial charge in [-0.2, -0.15) is 0 Å². The molecule has 0 saturated heterocycles. The van der Waals surface area contributed by atoms with Crippen molar-refractivity contribution < 1.29 is 19.8 Å². The summed E-state index contributed by atoms with van der Waals surface area (Å²) in [6, 6.07) is 0. The van der Waals surface area contributed by atoms with Crippen molar-refractivity contribution in [3.8, 4) is 0 Å². The molecule has 1 aliphatic carbocycles. The first kappa shape index (κ1) is 12.7. The molecule has 0 unspecified atom stereocenters. The zero-order chi connectivity index (χ0) is 12.1. The summed E-state index contributed by atoms with van der Waals surface area (Å²) in [4.78, 5) is 22.0. The molecule has 0 radical (unpaired) electrons. The van der Waals surface area contributed by atoms with Crippen LogP contribution in [-0.4, -0.2) is 22.2 Å². The lowest BCUT2D eigenvalue weighted by Gasteiger charge is -2.16. The van der Waals surface area contributed by atoms with E-state index in [0.717, 1.165) is 38.5 Å². The predicted octanol–water partition coefficient (Wildman–Crippen LogP) is 2.44. The van der Waals surface area contributed by atoms with Gasteiger partial charge in [-0.25, -0.2) is 9.59 Å². The van der Waals surface area contributed by atoms with Crippen LogP contribution in [0.15, 0.2) is 11.1 Å². The molecular weight excluding hydrogens is 208 g/mol. The van der Waals surface area contributed by atoms with Gasteiger partial charge in [0.15, 0.2) is 0 Å². The Balaban J connectivity index is 2.96. The average Bonchev–Trinajstić information content (AvgIpc) is 2.46. The Morgan fingerprint density at radius 3 is 1.81 bits per heavy atom. The van der Waals surface area contributed by atoms with Crippen molar-refractivity contribution in [1.82, 2.24) is 0 Å². The Morgan fingerprint density at radius 1 is 0.938 bits per heavy atom. The van der Waals surface area contributed by atoms with E-state index in [4.69, 9.17) is 10.2 Å². The number of carboxylic acids is 2. The molecule has 16 heavy (non-hydrogen) atoms. The lowest BCUT2D eigenvalue weighted by atomic mass is 9.88. The van der Waals surface area contributed by atoms with Gasteiger partial charge in [-0.05, 0) is 25.7 Å². The average molecular weight is 226 g/mol. The van der Waals surface area contributed by atoms with Crippen LogP contribution in [0.2, 0.25) is 0 Å². The fourth-order valence-corrected chi connectivity index (χ4v) is 2.32. The third-order valence-electron chi connectivity index (χ3n) is 3.22. The lowest BCUT2D eigenvalue weighted by molar-refractivity contribution is -0.136. The number of carbonyl (C=O) groups is 2. The fraction of sp³-hybridized carbons (Fsp3) is 0.667. The molecule has 0 bridgehead atoms. The Kier molecular flexibility index (Phi) is 4.52. The third kappa shape index (κ3) is 3.08. The SMILES string of the molecule is C/C(C(=O)O)=C(/C(=O)O)C1CCCCCC1. The molecule has 0 aromatic carbocycles. The van der Waals surface area contributed by atoms with E-state index in [9.17, 15) is 9.59 Å². The molecule has 1 fully saturated rings. The quantitative estimate of drug-likeness (QED) is 0.572. The standard InChI is InChI=1S/C12H18O4/c1-8(11(13)14)10(12(15)16)9-6-4-2-3-5-7-9/h9H,2-7H2,1H3,(H,13,14)(H,15,16)/b10-8-. The van der Waals surface area contributed by atoms with Gasteiger partial charge in [-0.15, -0.1) is 0 Å². The van der Waals surface area contributed by atoms with Gasteiger partial charge in [0.2, 0.25) is 0 Å². The second kappa shape index (κ2) is 5.68. The van der Waals surface area contributed by atoms with Crippen LogP contribution in [0, 0.1) is 5.92 Å². The number of carboxylic acid groups (broad SMARTS) is 2. The highest BCUT2D eigenvalue weighted by atomic mass is 16.4. The summed E-state index contributed by atoms with van der Waals surface area (Å²) < 4.78 is 0. The second-order valence-corrected chi connectivity index (χ2v) is 4.34. The molecule has 0 aromatic rings. The van der Waals surface area contributed by atoms with Gasteiger partial charge >= 0.3 is 11.9 Å². The van der Waals surface area contributed by atoms with Gasteiger partial charge in [-0.1, -0.05) is 25.7 Å². The van der Waals surface area contributed by atoms with E-state index < -0.39 is 11.9 Å². The first-order valence-corrected chi connectivity index (χ1v) is 5.71. The van der Waals surface area contributed by atoms with E-state index in [-0.39, 0.29) is 17.1 Å². The van der Waals surface area contributed by atoms with E-state index >= 15 is 0 Å². The van der Waals surface area contributed by atoms with E-state index in [2.05, 4.69) is 0 Å². The van der Waals surface area contributed by atoms with Crippen LogP contribution in [-0.2, 0) is 9.59 Å². The molecule has 2 N–H and O–H groups in total. The molecule has 0 amide bonds. The monoisotopic (exact) mass is 226 g/mol. The summed E-state index contributed by atoms with van der Waals surface area (Å²) in [5, 5.41) is 18.0. The maximum atomic E-state index is 11.1. The minimum atomic E-state index is -1.12. The van der Waals surface area contributed by atoms with Gasteiger partial charge in [0.05, 0.1) is 5.57 Å². The van der Waals surface area contributed by atoms with E-state index in [1.807, 2.05) is 0 Å². The van der Waals surface area contributed by atoms with Crippen LogP contribution in [0.25, 0.3) is 0 Å². The highest BCUT2D eigenvalue weighted by Gasteiger charge is 2.26. The molecule has 1 saturated carbocycles. The number of aliphatic carboxylic acids is 2. The van der Waals surface area contributed by atoms with Crippen molar-refractivity contribution in [3.05, 3.63) is 11.1 Å². The normalized spacial score (nSPS) is 19.8. The molecular formula is C12H18O4. The Morgan fingerprint density at radius 2 is 1.44 bits per heavy atom. The second-order valence-electron chi connectivity index (χ2n) is 4.34. The Bertz CT molecular complexity index is 309. The minimum Gasteiger partial charge on any atom is -0.478 e. The van der Waals surface area contributed by atoms with Crippen LogP contribution < -0.4 is 0 Å². The Hall–Kier alpha value is -1.32. The van der Waals surface area contributed by atoms with Gasteiger partial charge < -0.3 is 10.2 Å². The van der Waals surface area contributed by atoms with Crippen LogP contribution in [0.4, 0.5) is 0 Å². The molecule has 4 heteroatoms. The van der Waals surface area contributed by atoms with Crippen molar-refractivity contribution >= 4 is 11.9 Å². The van der Waals surface area contributed by atoms with Crippen molar-refractivity contribution in [2.24, 2.45) is 5.92 Å². The summed E-state index contributed by atoms with van der Waals surface area (Å²) in [6.45, 7) is 1.39. The molecule has 0 heterocycles. The number of hydrogen-bond donors (Lipinski definition) is 2. The van der Waals surface area contributed by atoms with E-state index in [1.165, 1.54) is 6.92 Å². The van der Waals surface area contributed by atoms with Crippen LogP contribution >= 0.6 is 0 Å². The molecule has 1 aliphatic rings. The maximum absolute atomic E-state index is 11.1. The molecule has 4 nitrogen and oxygen atoms in total. The summed E-state index contributed by atoms with van der Waals surface area (Å²) in [6.07, 6.45) is 5.83. The Labute approximate surface area is 95.0 Å². The van der Waals surface area contributed by atoms with Crippen molar-refractivity contribution in [3.63, 3.8) is 0 Å². The number of hydrogen-bond acceptors (Lipinski definition) is 2. The third-order valence-corrected chi connectivity index (χ3v) is 3.22. The van der Waals surface area contributed by atoms with Gasteiger partial charge in [0, 0.05) is 5.57 Å². The predicted molar refractivity (Wildman–Crippen MR) is 59.2 cm³/mol. The van der Waals surface area contributed by atoms with Crippen molar-refractivity contribution in [2.75, 3.05) is 0 Å². The maximum Gasteiger partial charge on any atom is 0.332 e. The minimum absolute atomic E-state index is 0.0144. The van der Waals surface area contributed by atoms with Gasteiger partial charge in [0.1, 0.15) is 0 Å². The molecule has 1 rings (SSSR count). The lowest BCUT2D eigenvalue weighted by Crippen LogP contribution is -2.17. The van der Waals surface area contributed by atoms with Crippen molar-refractivity contribution in [2.45, 2.75) is 45.4 Å². The first-order valence-electron chi connectivity index (χ1n) is 5.71. The number of rotatable bonds is 3. The van der Waals surface area contributed by atoms with E-state index in [1.54, 1.807) is 0 Å². The van der Waals surface area contributed by atoms with E-state index in [0.29, 0.717) is 0 Å². The summed E-state index contributed by atoms with van der Waals surface area (Å²) in [7, 11) is 0. The van der Waals surface area contributed by atoms with Gasteiger partial charge in [-0.3, -0.25) is 0 Å². The molecule has 0 aliphatic heterocycles.